The number of rotatable bonds is 6. The van der Waals surface area contributed by atoms with Crippen LogP contribution < -0.4 is 0 Å². The SMILES string of the molecule is [C-]#[N+]c1cc2c(-c3nc(C4CC4)n4c3CN(C(=O)CC)CC4)cccc2nc1-c1ccc(C(=O)CC)nc1. The van der Waals surface area contributed by atoms with Crippen LogP contribution in [0.3, 0.4) is 0 Å². The summed E-state index contributed by atoms with van der Waals surface area (Å²) >= 11 is 0. The molecule has 0 saturated heterocycles. The van der Waals surface area contributed by atoms with E-state index in [1.165, 1.54) is 0 Å². The molecule has 1 aliphatic carbocycles. The van der Waals surface area contributed by atoms with Gasteiger partial charge >= 0.3 is 0 Å². The summed E-state index contributed by atoms with van der Waals surface area (Å²) in [6.45, 7) is 13.6. The van der Waals surface area contributed by atoms with E-state index in [1.807, 2.05) is 43.0 Å². The number of nitrogens with zero attached hydrogens (tertiary/aromatic N) is 6. The van der Waals surface area contributed by atoms with E-state index in [4.69, 9.17) is 16.5 Å². The Bertz CT molecular complexity index is 1630. The van der Waals surface area contributed by atoms with Crippen LogP contribution in [-0.2, 0) is 17.9 Å². The minimum Gasteiger partial charge on any atom is -0.335 e. The highest BCUT2D eigenvalue weighted by Gasteiger charge is 2.34. The Hall–Kier alpha value is -4.38. The Morgan fingerprint density at radius 3 is 2.58 bits per heavy atom. The van der Waals surface area contributed by atoms with Crippen molar-refractivity contribution in [3.8, 4) is 22.5 Å². The molecule has 0 N–H and O–H groups in total. The van der Waals surface area contributed by atoms with Crippen LogP contribution in [0.2, 0.25) is 0 Å². The van der Waals surface area contributed by atoms with Crippen molar-refractivity contribution >= 4 is 28.3 Å². The summed E-state index contributed by atoms with van der Waals surface area (Å²) in [5.41, 5.74) is 5.68. The fraction of sp³-hybridized carbons (Fsp3) is 0.333. The number of fused-ring (bicyclic) bond motifs is 2. The highest BCUT2D eigenvalue weighted by molar-refractivity contribution is 5.99. The van der Waals surface area contributed by atoms with E-state index in [1.54, 1.807) is 18.3 Å². The van der Waals surface area contributed by atoms with Crippen molar-refractivity contribution < 1.29 is 9.59 Å². The zero-order valence-electron chi connectivity index (χ0n) is 21.6. The molecule has 8 nitrogen and oxygen atoms in total. The predicted molar refractivity (Wildman–Crippen MR) is 145 cm³/mol. The predicted octanol–water partition coefficient (Wildman–Crippen LogP) is 5.93. The normalized spacial score (nSPS) is 14.8. The molecule has 190 valence electrons. The van der Waals surface area contributed by atoms with E-state index in [2.05, 4.69) is 14.4 Å². The number of carbonyl (C=O) groups excluding carboxylic acids is 2. The Morgan fingerprint density at radius 1 is 1.05 bits per heavy atom. The first kappa shape index (κ1) is 24.0. The Balaban J connectivity index is 1.48. The van der Waals surface area contributed by atoms with Crippen LogP contribution in [0.1, 0.15) is 67.5 Å². The number of amides is 1. The van der Waals surface area contributed by atoms with Crippen LogP contribution in [0.25, 0.3) is 38.3 Å². The van der Waals surface area contributed by atoms with Gasteiger partial charge in [0.25, 0.3) is 0 Å². The second kappa shape index (κ2) is 9.49. The number of hydrogen-bond acceptors (Lipinski definition) is 5. The van der Waals surface area contributed by atoms with E-state index < -0.39 is 0 Å². The fourth-order valence-corrected chi connectivity index (χ4v) is 5.27. The van der Waals surface area contributed by atoms with Gasteiger partial charge in [0, 0.05) is 49.2 Å². The first-order chi connectivity index (χ1) is 18.5. The third kappa shape index (κ3) is 4.04. The molecular formula is C30H28N6O2. The van der Waals surface area contributed by atoms with Crippen molar-refractivity contribution in [3.05, 3.63) is 71.2 Å². The molecular weight excluding hydrogens is 476 g/mol. The molecule has 1 fully saturated rings. The summed E-state index contributed by atoms with van der Waals surface area (Å²) in [4.78, 5) is 44.6. The maximum atomic E-state index is 12.6. The summed E-state index contributed by atoms with van der Waals surface area (Å²) < 4.78 is 2.31. The number of carbonyl (C=O) groups is 2. The number of imidazole rings is 1. The van der Waals surface area contributed by atoms with Gasteiger partial charge in [-0.1, -0.05) is 32.0 Å². The molecule has 0 unspecified atom stereocenters. The molecule has 8 heteroatoms. The van der Waals surface area contributed by atoms with Gasteiger partial charge in [-0.05, 0) is 36.4 Å². The Labute approximate surface area is 221 Å². The molecule has 3 aromatic heterocycles. The first-order valence-corrected chi connectivity index (χ1v) is 13.2. The minimum atomic E-state index is -0.0220. The molecule has 38 heavy (non-hydrogen) atoms. The summed E-state index contributed by atoms with van der Waals surface area (Å²) in [6.07, 6.45) is 4.78. The Morgan fingerprint density at radius 2 is 1.89 bits per heavy atom. The third-order valence-electron chi connectivity index (χ3n) is 7.49. The first-order valence-electron chi connectivity index (χ1n) is 13.2. The van der Waals surface area contributed by atoms with Crippen molar-refractivity contribution in [2.75, 3.05) is 6.54 Å². The highest BCUT2D eigenvalue weighted by Crippen LogP contribution is 2.44. The van der Waals surface area contributed by atoms with Gasteiger partial charge in [0.2, 0.25) is 11.6 Å². The molecule has 0 atom stereocenters. The van der Waals surface area contributed by atoms with Gasteiger partial charge in [-0.25, -0.2) is 9.83 Å². The lowest BCUT2D eigenvalue weighted by molar-refractivity contribution is -0.132. The zero-order chi connectivity index (χ0) is 26.4. The van der Waals surface area contributed by atoms with Crippen molar-refractivity contribution in [3.63, 3.8) is 0 Å². The zero-order valence-corrected chi connectivity index (χ0v) is 21.6. The van der Waals surface area contributed by atoms with E-state index in [9.17, 15) is 9.59 Å². The molecule has 0 bridgehead atoms. The molecule has 2 aliphatic rings. The molecule has 1 aromatic carbocycles. The number of hydrogen-bond donors (Lipinski definition) is 0. The average Bonchev–Trinajstić information content (AvgIpc) is 3.75. The monoisotopic (exact) mass is 504 g/mol. The van der Waals surface area contributed by atoms with Gasteiger partial charge in [0.15, 0.2) is 5.78 Å². The van der Waals surface area contributed by atoms with Crippen LogP contribution in [0.15, 0.2) is 42.6 Å². The summed E-state index contributed by atoms with van der Waals surface area (Å²) in [5, 5.41) is 0.857. The van der Waals surface area contributed by atoms with E-state index >= 15 is 0 Å². The van der Waals surface area contributed by atoms with Gasteiger partial charge in [0.05, 0.1) is 35.7 Å². The third-order valence-corrected chi connectivity index (χ3v) is 7.49. The molecule has 6 rings (SSSR count). The molecule has 1 aliphatic heterocycles. The number of Topliss-reactive ketones (excluding diaryl/α,β-unsaturated/α-hetero) is 1. The van der Waals surface area contributed by atoms with E-state index in [0.717, 1.165) is 53.1 Å². The number of pyridine rings is 2. The lowest BCUT2D eigenvalue weighted by Crippen LogP contribution is -2.38. The van der Waals surface area contributed by atoms with Crippen molar-refractivity contribution in [1.29, 1.82) is 0 Å². The topological polar surface area (TPSA) is 85.3 Å². The molecule has 4 aromatic rings. The fourth-order valence-electron chi connectivity index (χ4n) is 5.27. The highest BCUT2D eigenvalue weighted by atomic mass is 16.2. The lowest BCUT2D eigenvalue weighted by Gasteiger charge is -2.29. The van der Waals surface area contributed by atoms with Crippen LogP contribution >= 0.6 is 0 Å². The number of ketones is 1. The maximum Gasteiger partial charge on any atom is 0.222 e. The summed E-state index contributed by atoms with van der Waals surface area (Å²) in [6, 6.07) is 11.3. The van der Waals surface area contributed by atoms with Crippen LogP contribution in [-0.4, -0.2) is 42.7 Å². The lowest BCUT2D eigenvalue weighted by atomic mass is 10.0. The van der Waals surface area contributed by atoms with Crippen LogP contribution in [0, 0.1) is 6.57 Å². The summed E-state index contributed by atoms with van der Waals surface area (Å²) in [5.74, 6) is 1.71. The molecule has 0 spiro atoms. The maximum absolute atomic E-state index is 12.6. The van der Waals surface area contributed by atoms with E-state index in [0.29, 0.717) is 54.5 Å². The van der Waals surface area contributed by atoms with Gasteiger partial charge < -0.3 is 9.47 Å². The average molecular weight is 505 g/mol. The van der Waals surface area contributed by atoms with Crippen LogP contribution in [0.4, 0.5) is 5.69 Å². The smallest absolute Gasteiger partial charge is 0.222 e. The van der Waals surface area contributed by atoms with Crippen LogP contribution in [0.5, 0.6) is 0 Å². The molecule has 1 amide bonds. The Kier molecular flexibility index (Phi) is 5.99. The van der Waals surface area contributed by atoms with Gasteiger partial charge in [-0.15, -0.1) is 0 Å². The van der Waals surface area contributed by atoms with Gasteiger partial charge in [-0.2, -0.15) is 0 Å². The second-order valence-electron chi connectivity index (χ2n) is 9.91. The molecule has 0 radical (unpaired) electrons. The van der Waals surface area contributed by atoms with Crippen molar-refractivity contribution in [2.24, 2.45) is 0 Å². The minimum absolute atomic E-state index is 0.0220. The van der Waals surface area contributed by atoms with Gasteiger partial charge in [0.1, 0.15) is 11.5 Å². The quantitative estimate of drug-likeness (QED) is 0.240. The van der Waals surface area contributed by atoms with Gasteiger partial charge in [-0.3, -0.25) is 19.6 Å². The molecule has 4 heterocycles. The number of aromatic nitrogens is 4. The second-order valence-corrected chi connectivity index (χ2v) is 9.91. The standard InChI is InChI=1S/C30H28N6O2/c1-4-26(37)23-12-11-19(16-32-23)28-24(31-3)15-21-20(7-6-8-22(21)33-28)29-25-17-35(27(38)5-2)13-14-36(25)30(34-29)18-9-10-18/h6-8,11-12,15-16,18H,4-5,9-10,13-14,17H2,1-2H3. The van der Waals surface area contributed by atoms with E-state index in [-0.39, 0.29) is 11.7 Å². The number of benzene rings is 1. The van der Waals surface area contributed by atoms with Crippen molar-refractivity contribution in [1.82, 2.24) is 24.4 Å². The largest absolute Gasteiger partial charge is 0.335 e. The van der Waals surface area contributed by atoms with Crippen molar-refractivity contribution in [2.45, 2.75) is 58.5 Å². The summed E-state index contributed by atoms with van der Waals surface area (Å²) in [7, 11) is 0. The molecule has 1 saturated carbocycles.